The molecular formula is C13H22N4. The molecule has 2 heterocycles. The van der Waals surface area contributed by atoms with E-state index in [0.717, 1.165) is 24.6 Å². The van der Waals surface area contributed by atoms with Crippen molar-refractivity contribution >= 4 is 0 Å². The van der Waals surface area contributed by atoms with Gasteiger partial charge in [0.15, 0.2) is 5.82 Å². The second-order valence-electron chi connectivity index (χ2n) is 5.74. The van der Waals surface area contributed by atoms with Crippen LogP contribution < -0.4 is 5.32 Å². The smallest absolute Gasteiger partial charge is 0.170 e. The first-order valence-electron chi connectivity index (χ1n) is 6.96. The molecule has 1 atom stereocenters. The molecule has 0 bridgehead atoms. The van der Waals surface area contributed by atoms with E-state index in [1.165, 1.54) is 38.5 Å². The van der Waals surface area contributed by atoms with Gasteiger partial charge >= 0.3 is 0 Å². The van der Waals surface area contributed by atoms with E-state index in [4.69, 9.17) is 4.98 Å². The third-order valence-corrected chi connectivity index (χ3v) is 4.36. The number of nitrogens with zero attached hydrogens (tertiary/aromatic N) is 2. The molecule has 2 N–H and O–H groups in total. The zero-order valence-corrected chi connectivity index (χ0v) is 10.6. The molecule has 1 unspecified atom stereocenters. The van der Waals surface area contributed by atoms with E-state index in [0.29, 0.717) is 5.92 Å². The highest BCUT2D eigenvalue weighted by Gasteiger charge is 2.34. The Morgan fingerprint density at radius 3 is 2.71 bits per heavy atom. The molecule has 17 heavy (non-hydrogen) atoms. The van der Waals surface area contributed by atoms with Crippen LogP contribution in [0.4, 0.5) is 0 Å². The quantitative estimate of drug-likeness (QED) is 0.826. The maximum atomic E-state index is 4.76. The third-order valence-electron chi connectivity index (χ3n) is 4.36. The van der Waals surface area contributed by atoms with E-state index in [2.05, 4.69) is 22.4 Å². The van der Waals surface area contributed by atoms with Crippen molar-refractivity contribution < 1.29 is 0 Å². The maximum Gasteiger partial charge on any atom is 0.170 e. The molecule has 1 aliphatic carbocycles. The van der Waals surface area contributed by atoms with Gasteiger partial charge in [-0.25, -0.2) is 4.98 Å². The van der Waals surface area contributed by atoms with Crippen molar-refractivity contribution in [3.63, 3.8) is 0 Å². The molecular weight excluding hydrogens is 212 g/mol. The van der Waals surface area contributed by atoms with Crippen LogP contribution in [0.1, 0.15) is 69.4 Å². The van der Waals surface area contributed by atoms with Gasteiger partial charge in [0.05, 0.1) is 5.54 Å². The molecule has 4 nitrogen and oxygen atoms in total. The topological polar surface area (TPSA) is 53.6 Å². The van der Waals surface area contributed by atoms with Gasteiger partial charge in [-0.3, -0.25) is 5.10 Å². The standard InChI is InChI=1S/C13H22N4/c1-13(8-5-9-14-13)12-15-11(16-17-12)10-6-3-2-4-7-10/h10,14H,2-9H2,1H3,(H,15,16,17). The van der Waals surface area contributed by atoms with Crippen molar-refractivity contribution in [3.05, 3.63) is 11.6 Å². The average molecular weight is 234 g/mol. The lowest BCUT2D eigenvalue weighted by atomic mass is 9.89. The van der Waals surface area contributed by atoms with Crippen molar-refractivity contribution in [1.29, 1.82) is 0 Å². The summed E-state index contributed by atoms with van der Waals surface area (Å²) in [5.74, 6) is 2.71. The fourth-order valence-electron chi connectivity index (χ4n) is 3.17. The number of aromatic nitrogens is 3. The maximum absolute atomic E-state index is 4.76. The number of H-pyrrole nitrogens is 1. The molecule has 1 aliphatic heterocycles. The Bertz CT molecular complexity index is 373. The molecule has 2 aliphatic rings. The Hall–Kier alpha value is -0.900. The van der Waals surface area contributed by atoms with Gasteiger partial charge in [-0.1, -0.05) is 19.3 Å². The van der Waals surface area contributed by atoms with E-state index in [1.807, 2.05) is 0 Å². The van der Waals surface area contributed by atoms with Gasteiger partial charge in [-0.2, -0.15) is 5.10 Å². The molecule has 2 fully saturated rings. The second kappa shape index (κ2) is 4.41. The van der Waals surface area contributed by atoms with E-state index in [1.54, 1.807) is 0 Å². The van der Waals surface area contributed by atoms with Crippen molar-refractivity contribution in [2.24, 2.45) is 0 Å². The summed E-state index contributed by atoms with van der Waals surface area (Å²) in [6.07, 6.45) is 9.00. The lowest BCUT2D eigenvalue weighted by Gasteiger charge is -2.21. The number of hydrogen-bond donors (Lipinski definition) is 2. The normalized spacial score (nSPS) is 30.9. The van der Waals surface area contributed by atoms with Gasteiger partial charge in [0.2, 0.25) is 0 Å². The van der Waals surface area contributed by atoms with Crippen LogP contribution >= 0.6 is 0 Å². The molecule has 0 radical (unpaired) electrons. The van der Waals surface area contributed by atoms with Gasteiger partial charge in [0.1, 0.15) is 5.82 Å². The summed E-state index contributed by atoms with van der Waals surface area (Å²) in [5, 5.41) is 11.1. The van der Waals surface area contributed by atoms with E-state index < -0.39 is 0 Å². The number of nitrogens with one attached hydrogen (secondary N) is 2. The highest BCUT2D eigenvalue weighted by atomic mass is 15.3. The zero-order chi connectivity index (χ0) is 11.7. The number of rotatable bonds is 2. The molecule has 1 saturated heterocycles. The van der Waals surface area contributed by atoms with Gasteiger partial charge in [0, 0.05) is 5.92 Å². The summed E-state index contributed by atoms with van der Waals surface area (Å²) >= 11 is 0. The summed E-state index contributed by atoms with van der Waals surface area (Å²) in [7, 11) is 0. The van der Waals surface area contributed by atoms with E-state index in [9.17, 15) is 0 Å². The van der Waals surface area contributed by atoms with Crippen LogP contribution in [0, 0.1) is 0 Å². The zero-order valence-electron chi connectivity index (χ0n) is 10.6. The fraction of sp³-hybridized carbons (Fsp3) is 0.846. The molecule has 94 valence electrons. The van der Waals surface area contributed by atoms with Crippen molar-refractivity contribution in [2.45, 2.75) is 63.3 Å². The Balaban J connectivity index is 1.77. The summed E-state index contributed by atoms with van der Waals surface area (Å²) in [6.45, 7) is 3.30. The Labute approximate surface area is 103 Å². The highest BCUT2D eigenvalue weighted by Crippen LogP contribution is 2.33. The van der Waals surface area contributed by atoms with Crippen LogP contribution in [0.15, 0.2) is 0 Å². The minimum atomic E-state index is 0.00339. The predicted molar refractivity (Wildman–Crippen MR) is 66.8 cm³/mol. The van der Waals surface area contributed by atoms with Crippen LogP contribution in [-0.2, 0) is 5.54 Å². The summed E-state index contributed by atoms with van der Waals surface area (Å²) in [5.41, 5.74) is 0.00339. The van der Waals surface area contributed by atoms with Crippen LogP contribution in [-0.4, -0.2) is 21.7 Å². The highest BCUT2D eigenvalue weighted by molar-refractivity contribution is 5.09. The van der Waals surface area contributed by atoms with E-state index >= 15 is 0 Å². The number of aromatic amines is 1. The molecule has 1 aromatic rings. The van der Waals surface area contributed by atoms with Gasteiger partial charge in [-0.05, 0) is 39.2 Å². The molecule has 1 aromatic heterocycles. The molecule has 0 amide bonds. The van der Waals surface area contributed by atoms with Crippen LogP contribution in [0.2, 0.25) is 0 Å². The first-order chi connectivity index (χ1) is 8.28. The monoisotopic (exact) mass is 234 g/mol. The Morgan fingerprint density at radius 2 is 2.00 bits per heavy atom. The Morgan fingerprint density at radius 1 is 1.18 bits per heavy atom. The van der Waals surface area contributed by atoms with Crippen LogP contribution in [0.5, 0.6) is 0 Å². The minimum absolute atomic E-state index is 0.00339. The molecule has 4 heteroatoms. The molecule has 3 rings (SSSR count). The SMILES string of the molecule is CC1(c2n[nH]c(C3CCCCC3)n2)CCCN1. The van der Waals surface area contributed by atoms with Crippen molar-refractivity contribution in [1.82, 2.24) is 20.5 Å². The lowest BCUT2D eigenvalue weighted by Crippen LogP contribution is -2.34. The number of hydrogen-bond acceptors (Lipinski definition) is 3. The molecule has 0 spiro atoms. The average Bonchev–Trinajstić information content (AvgIpc) is 2.99. The van der Waals surface area contributed by atoms with Gasteiger partial charge < -0.3 is 5.32 Å². The molecule has 0 aromatic carbocycles. The van der Waals surface area contributed by atoms with Gasteiger partial charge in [0.25, 0.3) is 0 Å². The van der Waals surface area contributed by atoms with Crippen LogP contribution in [0.3, 0.4) is 0 Å². The van der Waals surface area contributed by atoms with Gasteiger partial charge in [-0.15, -0.1) is 0 Å². The lowest BCUT2D eigenvalue weighted by molar-refractivity contribution is 0.405. The second-order valence-corrected chi connectivity index (χ2v) is 5.74. The summed E-state index contributed by atoms with van der Waals surface area (Å²) in [6, 6.07) is 0. The predicted octanol–water partition coefficient (Wildman–Crippen LogP) is 2.45. The minimum Gasteiger partial charge on any atom is -0.305 e. The molecule has 1 saturated carbocycles. The van der Waals surface area contributed by atoms with E-state index in [-0.39, 0.29) is 5.54 Å². The fourth-order valence-corrected chi connectivity index (χ4v) is 3.17. The van der Waals surface area contributed by atoms with Crippen molar-refractivity contribution in [3.8, 4) is 0 Å². The summed E-state index contributed by atoms with van der Waals surface area (Å²) in [4.78, 5) is 4.76. The van der Waals surface area contributed by atoms with Crippen molar-refractivity contribution in [2.75, 3.05) is 6.54 Å². The Kier molecular flexibility index (Phi) is 2.90. The largest absolute Gasteiger partial charge is 0.305 e. The van der Waals surface area contributed by atoms with Crippen LogP contribution in [0.25, 0.3) is 0 Å². The third kappa shape index (κ3) is 2.10. The first kappa shape index (κ1) is 11.2. The first-order valence-corrected chi connectivity index (χ1v) is 6.96. The summed E-state index contributed by atoms with van der Waals surface area (Å²) < 4.78 is 0.